The van der Waals surface area contributed by atoms with Gasteiger partial charge in [0.2, 0.25) is 0 Å². The zero-order valence-corrected chi connectivity index (χ0v) is 13.6. The minimum atomic E-state index is -4.50. The first-order chi connectivity index (χ1) is 11.7. The number of pyridine rings is 1. The molecule has 0 radical (unpaired) electrons. The third-order valence-electron chi connectivity index (χ3n) is 3.87. The standard InChI is InChI=1S/C18H11ClF3NO2/c1-9-15(17(24)25)13-6-5-12(19)8-14(13)23-16(9)10-3-2-4-11(7-10)18(20,21)22/h2-8H,1H3,(H,24,25). The number of hydrogen-bond donors (Lipinski definition) is 1. The molecule has 0 fully saturated rings. The minimum absolute atomic E-state index is 0.00548. The van der Waals surface area contributed by atoms with E-state index in [1.54, 1.807) is 6.07 Å². The van der Waals surface area contributed by atoms with Crippen LogP contribution in [-0.2, 0) is 6.18 Å². The Labute approximate surface area is 145 Å². The first-order valence-electron chi connectivity index (χ1n) is 7.19. The second-order valence-electron chi connectivity index (χ2n) is 5.51. The van der Waals surface area contributed by atoms with E-state index in [0.717, 1.165) is 12.1 Å². The third kappa shape index (κ3) is 3.17. The fourth-order valence-electron chi connectivity index (χ4n) is 2.73. The van der Waals surface area contributed by atoms with Gasteiger partial charge in [0.25, 0.3) is 0 Å². The SMILES string of the molecule is Cc1c(-c2cccc(C(F)(F)F)c2)nc2cc(Cl)ccc2c1C(=O)O. The monoisotopic (exact) mass is 365 g/mol. The molecule has 0 saturated carbocycles. The Morgan fingerprint density at radius 3 is 2.52 bits per heavy atom. The summed E-state index contributed by atoms with van der Waals surface area (Å²) in [7, 11) is 0. The summed E-state index contributed by atoms with van der Waals surface area (Å²) in [5.74, 6) is -1.18. The van der Waals surface area contributed by atoms with E-state index in [4.69, 9.17) is 11.6 Å². The molecule has 1 heterocycles. The Morgan fingerprint density at radius 1 is 1.16 bits per heavy atom. The Kier molecular flexibility index (Phi) is 4.16. The number of hydrogen-bond acceptors (Lipinski definition) is 2. The van der Waals surface area contributed by atoms with Crippen molar-refractivity contribution in [3.8, 4) is 11.3 Å². The maximum absolute atomic E-state index is 13.0. The van der Waals surface area contributed by atoms with Crippen LogP contribution in [0.1, 0.15) is 21.5 Å². The number of alkyl halides is 3. The number of benzene rings is 2. The number of carboxylic acids is 1. The van der Waals surface area contributed by atoms with Gasteiger partial charge in [-0.1, -0.05) is 29.8 Å². The number of nitrogens with zero attached hydrogens (tertiary/aromatic N) is 1. The van der Waals surface area contributed by atoms with E-state index >= 15 is 0 Å². The molecule has 0 aliphatic heterocycles. The van der Waals surface area contributed by atoms with Crippen molar-refractivity contribution in [1.29, 1.82) is 0 Å². The maximum atomic E-state index is 13.0. The van der Waals surface area contributed by atoms with E-state index in [1.807, 2.05) is 0 Å². The van der Waals surface area contributed by atoms with E-state index in [-0.39, 0.29) is 16.8 Å². The maximum Gasteiger partial charge on any atom is 0.416 e. The molecule has 0 aliphatic carbocycles. The van der Waals surface area contributed by atoms with E-state index in [0.29, 0.717) is 21.5 Å². The summed E-state index contributed by atoms with van der Waals surface area (Å²) in [6.45, 7) is 1.53. The Morgan fingerprint density at radius 2 is 1.88 bits per heavy atom. The van der Waals surface area contributed by atoms with Gasteiger partial charge >= 0.3 is 12.1 Å². The molecule has 1 aromatic heterocycles. The molecule has 2 aromatic carbocycles. The highest BCUT2D eigenvalue weighted by Crippen LogP contribution is 2.35. The highest BCUT2D eigenvalue weighted by Gasteiger charge is 2.31. The zero-order valence-electron chi connectivity index (χ0n) is 12.9. The van der Waals surface area contributed by atoms with Crippen LogP contribution in [0.25, 0.3) is 22.2 Å². The van der Waals surface area contributed by atoms with Crippen molar-refractivity contribution in [3.05, 3.63) is 64.2 Å². The lowest BCUT2D eigenvalue weighted by atomic mass is 9.97. The average Bonchev–Trinajstić information content (AvgIpc) is 2.53. The van der Waals surface area contributed by atoms with Crippen molar-refractivity contribution < 1.29 is 23.1 Å². The van der Waals surface area contributed by atoms with Crippen LogP contribution >= 0.6 is 11.6 Å². The van der Waals surface area contributed by atoms with Gasteiger partial charge in [-0.15, -0.1) is 0 Å². The second kappa shape index (κ2) is 6.04. The molecule has 0 aliphatic rings. The van der Waals surface area contributed by atoms with Gasteiger partial charge in [-0.25, -0.2) is 9.78 Å². The predicted molar refractivity (Wildman–Crippen MR) is 88.9 cm³/mol. The third-order valence-corrected chi connectivity index (χ3v) is 4.10. The van der Waals surface area contributed by atoms with Gasteiger partial charge < -0.3 is 5.11 Å². The minimum Gasteiger partial charge on any atom is -0.478 e. The van der Waals surface area contributed by atoms with Crippen LogP contribution in [0.5, 0.6) is 0 Å². The van der Waals surface area contributed by atoms with Gasteiger partial charge in [-0.3, -0.25) is 0 Å². The average molecular weight is 366 g/mol. The lowest BCUT2D eigenvalue weighted by molar-refractivity contribution is -0.137. The number of halogens is 4. The summed E-state index contributed by atoms with van der Waals surface area (Å²) in [5, 5.41) is 10.3. The molecule has 25 heavy (non-hydrogen) atoms. The number of fused-ring (bicyclic) bond motifs is 1. The van der Waals surface area contributed by atoms with Crippen LogP contribution in [0.15, 0.2) is 42.5 Å². The van der Waals surface area contributed by atoms with Crippen LogP contribution in [0, 0.1) is 6.92 Å². The molecule has 0 atom stereocenters. The van der Waals surface area contributed by atoms with E-state index in [2.05, 4.69) is 4.98 Å². The fraction of sp³-hybridized carbons (Fsp3) is 0.111. The summed E-state index contributed by atoms with van der Waals surface area (Å²) in [6, 6.07) is 9.21. The van der Waals surface area contributed by atoms with Gasteiger partial charge in [0.05, 0.1) is 22.3 Å². The quantitative estimate of drug-likeness (QED) is 0.645. The molecular formula is C18H11ClF3NO2. The molecular weight excluding hydrogens is 355 g/mol. The molecule has 128 valence electrons. The summed E-state index contributed by atoms with van der Waals surface area (Å²) < 4.78 is 38.9. The largest absolute Gasteiger partial charge is 0.478 e. The number of aromatic nitrogens is 1. The topological polar surface area (TPSA) is 50.2 Å². The van der Waals surface area contributed by atoms with Crippen LogP contribution in [0.3, 0.4) is 0 Å². The molecule has 3 aromatic rings. The smallest absolute Gasteiger partial charge is 0.416 e. The summed E-state index contributed by atoms with van der Waals surface area (Å²) in [5.41, 5.74) is 0.142. The van der Waals surface area contributed by atoms with Crippen molar-refractivity contribution in [2.24, 2.45) is 0 Å². The molecule has 0 saturated heterocycles. The number of rotatable bonds is 2. The van der Waals surface area contributed by atoms with Gasteiger partial charge in [-0.05, 0) is 36.8 Å². The lowest BCUT2D eigenvalue weighted by Crippen LogP contribution is -2.07. The fourth-order valence-corrected chi connectivity index (χ4v) is 2.90. The molecule has 0 bridgehead atoms. The van der Waals surface area contributed by atoms with Crippen LogP contribution in [0.2, 0.25) is 5.02 Å². The van der Waals surface area contributed by atoms with Crippen molar-refractivity contribution in [2.75, 3.05) is 0 Å². The Bertz CT molecular complexity index is 1000. The van der Waals surface area contributed by atoms with Crippen molar-refractivity contribution in [2.45, 2.75) is 13.1 Å². The Balaban J connectivity index is 2.34. The van der Waals surface area contributed by atoms with Gasteiger partial charge in [0.1, 0.15) is 0 Å². The van der Waals surface area contributed by atoms with E-state index < -0.39 is 17.7 Å². The first-order valence-corrected chi connectivity index (χ1v) is 7.57. The van der Waals surface area contributed by atoms with Crippen molar-refractivity contribution >= 4 is 28.5 Å². The van der Waals surface area contributed by atoms with Gasteiger partial charge in [-0.2, -0.15) is 13.2 Å². The molecule has 0 amide bonds. The second-order valence-corrected chi connectivity index (χ2v) is 5.94. The van der Waals surface area contributed by atoms with Crippen molar-refractivity contribution in [3.63, 3.8) is 0 Å². The zero-order chi connectivity index (χ0) is 18.4. The molecule has 0 unspecified atom stereocenters. The first kappa shape index (κ1) is 17.2. The van der Waals surface area contributed by atoms with Gasteiger partial charge in [0, 0.05) is 16.0 Å². The van der Waals surface area contributed by atoms with Crippen LogP contribution in [-0.4, -0.2) is 16.1 Å². The number of carbonyl (C=O) groups is 1. The van der Waals surface area contributed by atoms with Crippen molar-refractivity contribution in [1.82, 2.24) is 4.98 Å². The highest BCUT2D eigenvalue weighted by atomic mass is 35.5. The number of aromatic carboxylic acids is 1. The normalized spacial score (nSPS) is 11.7. The van der Waals surface area contributed by atoms with Crippen LogP contribution in [0.4, 0.5) is 13.2 Å². The van der Waals surface area contributed by atoms with E-state index in [1.165, 1.54) is 31.2 Å². The lowest BCUT2D eigenvalue weighted by Gasteiger charge is -2.14. The van der Waals surface area contributed by atoms with Crippen LogP contribution < -0.4 is 0 Å². The predicted octanol–water partition coefficient (Wildman–Crippen LogP) is 5.58. The summed E-state index contributed by atoms with van der Waals surface area (Å²) in [4.78, 5) is 16.0. The molecule has 3 nitrogen and oxygen atoms in total. The molecule has 0 spiro atoms. The highest BCUT2D eigenvalue weighted by molar-refractivity contribution is 6.31. The molecule has 1 N–H and O–H groups in total. The summed E-state index contributed by atoms with van der Waals surface area (Å²) >= 11 is 5.94. The Hall–Kier alpha value is -2.60. The number of carboxylic acid groups (broad SMARTS) is 1. The molecule has 3 rings (SSSR count). The summed E-state index contributed by atoms with van der Waals surface area (Å²) in [6.07, 6.45) is -4.50. The molecule has 7 heteroatoms. The van der Waals surface area contributed by atoms with E-state index in [9.17, 15) is 23.1 Å². The van der Waals surface area contributed by atoms with Gasteiger partial charge in [0.15, 0.2) is 0 Å².